The van der Waals surface area contributed by atoms with Gasteiger partial charge in [0.2, 0.25) is 5.91 Å². The third kappa shape index (κ3) is 8.61. The summed E-state index contributed by atoms with van der Waals surface area (Å²) in [7, 11) is 0. The molecule has 226 valence electrons. The van der Waals surface area contributed by atoms with E-state index in [1.165, 1.54) is 29.2 Å². The van der Waals surface area contributed by atoms with Crippen LogP contribution in [0.1, 0.15) is 22.8 Å². The van der Waals surface area contributed by atoms with Gasteiger partial charge < -0.3 is 16.0 Å². The Morgan fingerprint density at radius 1 is 0.822 bits per heavy atom. The van der Waals surface area contributed by atoms with Crippen LogP contribution in [0.2, 0.25) is 10.0 Å². The maximum atomic E-state index is 13.4. The van der Waals surface area contributed by atoms with E-state index < -0.39 is 17.1 Å². The minimum Gasteiger partial charge on any atom is -0.321 e. The zero-order valence-corrected chi connectivity index (χ0v) is 26.9. The summed E-state index contributed by atoms with van der Waals surface area (Å²) in [5.41, 5.74) is 3.02. The number of amides is 3. The molecule has 7 nitrogen and oxygen atoms in total. The number of anilines is 2. The quantitative estimate of drug-likeness (QED) is 0.102. The van der Waals surface area contributed by atoms with Crippen molar-refractivity contribution in [3.8, 4) is 11.3 Å². The number of nitrogens with one attached hydrogen (secondary N) is 3. The predicted molar refractivity (Wildman–Crippen MR) is 185 cm³/mol. The molecule has 0 aliphatic heterocycles. The fourth-order valence-electron chi connectivity index (χ4n) is 4.09. The first-order valence-corrected chi connectivity index (χ1v) is 16.2. The van der Waals surface area contributed by atoms with E-state index in [0.717, 1.165) is 16.2 Å². The second kappa shape index (κ2) is 15.0. The van der Waals surface area contributed by atoms with Crippen LogP contribution in [-0.4, -0.2) is 28.0 Å². The molecular formula is C34H26Cl2N4O3S2. The van der Waals surface area contributed by atoms with Gasteiger partial charge in [0.25, 0.3) is 11.8 Å². The van der Waals surface area contributed by atoms with E-state index in [1.807, 2.05) is 42.6 Å². The Balaban J connectivity index is 1.24. The van der Waals surface area contributed by atoms with Crippen molar-refractivity contribution in [2.75, 3.05) is 10.6 Å². The van der Waals surface area contributed by atoms with E-state index in [0.29, 0.717) is 32.0 Å². The number of thiazole rings is 1. The van der Waals surface area contributed by atoms with E-state index in [4.69, 9.17) is 23.2 Å². The van der Waals surface area contributed by atoms with Crippen LogP contribution >= 0.6 is 46.3 Å². The summed E-state index contributed by atoms with van der Waals surface area (Å²) in [6, 6.07) is 30.3. The Morgan fingerprint density at radius 3 is 2.13 bits per heavy atom. The number of thioether (sulfide) groups is 1. The van der Waals surface area contributed by atoms with Crippen LogP contribution in [0.25, 0.3) is 17.3 Å². The molecule has 45 heavy (non-hydrogen) atoms. The molecule has 0 spiro atoms. The molecule has 11 heteroatoms. The lowest BCUT2D eigenvalue weighted by Crippen LogP contribution is -2.30. The zero-order chi connectivity index (χ0) is 31.8. The molecule has 3 N–H and O–H groups in total. The van der Waals surface area contributed by atoms with Gasteiger partial charge in [0, 0.05) is 42.7 Å². The topological polar surface area (TPSA) is 100 Å². The molecule has 5 aromatic rings. The Labute approximate surface area is 278 Å². The normalized spacial score (nSPS) is 11.8. The van der Waals surface area contributed by atoms with Crippen LogP contribution in [0, 0.1) is 0 Å². The Morgan fingerprint density at radius 2 is 1.47 bits per heavy atom. The number of benzene rings is 4. The highest BCUT2D eigenvalue weighted by Gasteiger charge is 2.19. The molecule has 0 radical (unpaired) electrons. The third-order valence-corrected chi connectivity index (χ3v) is 8.94. The summed E-state index contributed by atoms with van der Waals surface area (Å²) in [5.74, 6) is -1.21. The Kier molecular flexibility index (Phi) is 10.7. The average Bonchev–Trinajstić information content (AvgIpc) is 3.52. The van der Waals surface area contributed by atoms with E-state index in [9.17, 15) is 14.4 Å². The van der Waals surface area contributed by atoms with Gasteiger partial charge in [-0.1, -0.05) is 77.8 Å². The highest BCUT2D eigenvalue weighted by molar-refractivity contribution is 8.00. The molecule has 0 saturated carbocycles. The van der Waals surface area contributed by atoms with E-state index in [-0.39, 0.29) is 11.6 Å². The number of aromatic nitrogens is 1. The lowest BCUT2D eigenvalue weighted by molar-refractivity contribution is -0.115. The molecule has 0 fully saturated rings. The molecule has 4 aromatic carbocycles. The van der Waals surface area contributed by atoms with Crippen LogP contribution in [0.15, 0.2) is 119 Å². The monoisotopic (exact) mass is 672 g/mol. The Bertz CT molecular complexity index is 1830. The largest absolute Gasteiger partial charge is 0.321 e. The van der Waals surface area contributed by atoms with Crippen molar-refractivity contribution in [1.82, 2.24) is 10.3 Å². The fraction of sp³-hybridized carbons (Fsp3) is 0.0588. The van der Waals surface area contributed by atoms with Crippen molar-refractivity contribution in [2.24, 2.45) is 0 Å². The van der Waals surface area contributed by atoms with Crippen LogP contribution in [-0.2, 0) is 9.59 Å². The summed E-state index contributed by atoms with van der Waals surface area (Å²) < 4.78 is 0. The summed E-state index contributed by atoms with van der Waals surface area (Å²) >= 11 is 15.4. The number of hydrogen-bond acceptors (Lipinski definition) is 6. The van der Waals surface area contributed by atoms with Crippen molar-refractivity contribution in [2.45, 2.75) is 17.1 Å². The fourth-order valence-corrected chi connectivity index (χ4v) is 6.18. The summed E-state index contributed by atoms with van der Waals surface area (Å²) in [5, 5.41) is 11.1. The van der Waals surface area contributed by atoms with Gasteiger partial charge in [-0.25, -0.2) is 4.98 Å². The van der Waals surface area contributed by atoms with Gasteiger partial charge in [0.05, 0.1) is 10.9 Å². The molecule has 1 aromatic heterocycles. The highest BCUT2D eigenvalue weighted by Crippen LogP contribution is 2.29. The van der Waals surface area contributed by atoms with Crippen LogP contribution < -0.4 is 16.0 Å². The molecule has 1 heterocycles. The molecule has 0 aliphatic rings. The molecule has 0 aliphatic carbocycles. The predicted octanol–water partition coefficient (Wildman–Crippen LogP) is 8.65. The van der Waals surface area contributed by atoms with E-state index in [2.05, 4.69) is 20.9 Å². The average molecular weight is 674 g/mol. The first-order valence-electron chi connectivity index (χ1n) is 13.7. The van der Waals surface area contributed by atoms with Crippen molar-refractivity contribution in [1.29, 1.82) is 0 Å². The van der Waals surface area contributed by atoms with Gasteiger partial charge in [0.15, 0.2) is 5.13 Å². The van der Waals surface area contributed by atoms with Gasteiger partial charge in [-0.15, -0.1) is 23.1 Å². The number of halogens is 2. The van der Waals surface area contributed by atoms with Crippen molar-refractivity contribution in [3.63, 3.8) is 0 Å². The summed E-state index contributed by atoms with van der Waals surface area (Å²) in [6.45, 7) is 1.81. The van der Waals surface area contributed by atoms with Crippen LogP contribution in [0.5, 0.6) is 0 Å². The first-order chi connectivity index (χ1) is 21.8. The minimum absolute atomic E-state index is 0.0415. The molecule has 0 saturated heterocycles. The number of rotatable bonds is 10. The number of nitrogens with zero attached hydrogens (tertiary/aromatic N) is 1. The zero-order valence-electron chi connectivity index (χ0n) is 23.8. The maximum absolute atomic E-state index is 13.4. The maximum Gasteiger partial charge on any atom is 0.272 e. The second-order valence-electron chi connectivity index (χ2n) is 9.65. The minimum atomic E-state index is -0.568. The number of hydrogen-bond donors (Lipinski definition) is 3. The molecule has 1 unspecified atom stereocenters. The molecule has 1 atom stereocenters. The molecular weight excluding hydrogens is 647 g/mol. The van der Waals surface area contributed by atoms with Crippen LogP contribution in [0.3, 0.4) is 0 Å². The summed E-state index contributed by atoms with van der Waals surface area (Å²) in [4.78, 5) is 44.5. The number of carbonyl (C=O) groups excluding carboxylic acids is 3. The van der Waals surface area contributed by atoms with Gasteiger partial charge >= 0.3 is 0 Å². The van der Waals surface area contributed by atoms with Crippen molar-refractivity contribution in [3.05, 3.63) is 135 Å². The van der Waals surface area contributed by atoms with Crippen LogP contribution in [0.4, 0.5) is 10.8 Å². The highest BCUT2D eigenvalue weighted by atomic mass is 35.5. The Hall–Kier alpha value is -4.41. The standard InChI is InChI=1S/C34H26Cl2N4O3S2/c1-21(31(41)40-34-39-30(20-44-34)22-9-4-2-5-10-22)45-25-17-15-24(16-18-25)37-33(43)29(19-26-27(35)13-8-14-28(26)36)38-32(42)23-11-6-3-7-12-23/h2-21H,1H3,(H,37,43)(H,38,42)(H,39,40,41)/b29-19-. The molecule has 0 bridgehead atoms. The third-order valence-electron chi connectivity index (χ3n) is 6.42. The van der Waals surface area contributed by atoms with Gasteiger partial charge in [0.1, 0.15) is 5.70 Å². The molecule has 5 rings (SSSR count). The van der Waals surface area contributed by atoms with Gasteiger partial charge in [-0.2, -0.15) is 0 Å². The second-order valence-corrected chi connectivity index (χ2v) is 12.7. The van der Waals surface area contributed by atoms with Gasteiger partial charge in [-0.05, 0) is 61.5 Å². The number of carbonyl (C=O) groups is 3. The van der Waals surface area contributed by atoms with E-state index >= 15 is 0 Å². The van der Waals surface area contributed by atoms with Crippen molar-refractivity contribution < 1.29 is 14.4 Å². The lowest BCUT2D eigenvalue weighted by atomic mass is 10.1. The first kappa shape index (κ1) is 32.0. The molecule has 3 amide bonds. The lowest BCUT2D eigenvalue weighted by Gasteiger charge is -2.13. The summed E-state index contributed by atoms with van der Waals surface area (Å²) in [6.07, 6.45) is 1.44. The van der Waals surface area contributed by atoms with Crippen molar-refractivity contribution >= 4 is 80.9 Å². The van der Waals surface area contributed by atoms with Gasteiger partial charge in [-0.3, -0.25) is 14.4 Å². The SMILES string of the molecule is CC(Sc1ccc(NC(=O)/C(=C/c2c(Cl)cccc2Cl)NC(=O)c2ccccc2)cc1)C(=O)Nc1nc(-c2ccccc2)cs1. The smallest absolute Gasteiger partial charge is 0.272 e. The van der Waals surface area contributed by atoms with E-state index in [1.54, 1.807) is 72.8 Å².